The normalized spacial score (nSPS) is 11.6. The molecule has 0 radical (unpaired) electrons. The number of nitrogens with zero attached hydrogens (tertiary/aromatic N) is 2. The van der Waals surface area contributed by atoms with Crippen LogP contribution in [0, 0.1) is 0 Å². The highest BCUT2D eigenvalue weighted by Gasteiger charge is 2.12. The Morgan fingerprint density at radius 1 is 1.08 bits per heavy atom. The second-order valence-corrected chi connectivity index (χ2v) is 8.42. The molecule has 6 nitrogen and oxygen atoms in total. The lowest BCUT2D eigenvalue weighted by atomic mass is 10.0. The molecule has 7 heteroatoms. The van der Waals surface area contributed by atoms with Crippen molar-refractivity contribution in [3.63, 3.8) is 0 Å². The topological polar surface area (TPSA) is 86.1 Å². The Hall–Kier alpha value is -2.80. The maximum Gasteiger partial charge on any atom is 0.168 e. The van der Waals surface area contributed by atoms with Crippen molar-refractivity contribution in [1.82, 2.24) is 9.55 Å². The highest BCUT2D eigenvalue weighted by atomic mass is 32.2. The second kappa shape index (κ2) is 6.84. The molecule has 0 amide bonds. The van der Waals surface area contributed by atoms with Crippen molar-refractivity contribution in [2.75, 3.05) is 6.26 Å². The first kappa shape index (κ1) is 18.0. The standard InChI is InChI=1S/C19H18N2O4S/c1-13(22)14-3-5-15(6-4-14)19(23)10-17-9-18-16(11-20-17)7-8-21(18)12-26(2,24)25/h3-9,11H,10,12H2,1-2H3. The van der Waals surface area contributed by atoms with Crippen LogP contribution in [0.4, 0.5) is 0 Å². The number of hydrogen-bond donors (Lipinski definition) is 0. The first-order valence-corrected chi connectivity index (χ1v) is 10.0. The van der Waals surface area contributed by atoms with Crippen molar-refractivity contribution < 1.29 is 18.0 Å². The molecule has 3 aromatic rings. The lowest BCUT2D eigenvalue weighted by Crippen LogP contribution is -2.09. The van der Waals surface area contributed by atoms with Crippen LogP contribution in [0.5, 0.6) is 0 Å². The van der Waals surface area contributed by atoms with Crippen LogP contribution in [0.25, 0.3) is 10.9 Å². The van der Waals surface area contributed by atoms with E-state index in [1.807, 2.05) is 0 Å². The van der Waals surface area contributed by atoms with Gasteiger partial charge in [0.2, 0.25) is 0 Å². The van der Waals surface area contributed by atoms with Crippen LogP contribution >= 0.6 is 0 Å². The second-order valence-electron chi connectivity index (χ2n) is 6.31. The van der Waals surface area contributed by atoms with E-state index in [4.69, 9.17) is 0 Å². The van der Waals surface area contributed by atoms with E-state index in [1.54, 1.807) is 53.4 Å². The first-order chi connectivity index (χ1) is 12.2. The number of pyridine rings is 1. The van der Waals surface area contributed by atoms with Crippen LogP contribution in [-0.4, -0.2) is 35.8 Å². The van der Waals surface area contributed by atoms with Crippen LogP contribution in [0.1, 0.15) is 33.3 Å². The molecule has 0 saturated carbocycles. The summed E-state index contributed by atoms with van der Waals surface area (Å²) in [5.41, 5.74) is 2.34. The minimum absolute atomic E-state index is 0.0530. The van der Waals surface area contributed by atoms with Gasteiger partial charge in [0.1, 0.15) is 5.88 Å². The van der Waals surface area contributed by atoms with E-state index < -0.39 is 9.84 Å². The molecule has 1 aromatic carbocycles. The van der Waals surface area contributed by atoms with Crippen LogP contribution in [0.3, 0.4) is 0 Å². The minimum atomic E-state index is -3.18. The molecule has 0 spiro atoms. The zero-order chi connectivity index (χ0) is 18.9. The first-order valence-electron chi connectivity index (χ1n) is 7.98. The Labute approximate surface area is 151 Å². The number of hydrogen-bond acceptors (Lipinski definition) is 5. The molecular formula is C19H18N2O4S. The van der Waals surface area contributed by atoms with Crippen molar-refractivity contribution >= 4 is 32.3 Å². The highest BCUT2D eigenvalue weighted by molar-refractivity contribution is 7.89. The molecule has 3 rings (SSSR count). The Morgan fingerprint density at radius 2 is 1.73 bits per heavy atom. The molecule has 134 valence electrons. The monoisotopic (exact) mass is 370 g/mol. The molecule has 0 unspecified atom stereocenters. The Kier molecular flexibility index (Phi) is 4.73. The number of ketones is 2. The zero-order valence-electron chi connectivity index (χ0n) is 14.5. The molecule has 2 heterocycles. The Morgan fingerprint density at radius 3 is 2.35 bits per heavy atom. The van der Waals surface area contributed by atoms with E-state index in [-0.39, 0.29) is 23.9 Å². The smallest absolute Gasteiger partial charge is 0.168 e. The van der Waals surface area contributed by atoms with Gasteiger partial charge in [-0.2, -0.15) is 0 Å². The third-order valence-corrected chi connectivity index (χ3v) is 4.79. The van der Waals surface area contributed by atoms with E-state index in [0.29, 0.717) is 16.8 Å². The van der Waals surface area contributed by atoms with Gasteiger partial charge in [-0.05, 0) is 19.1 Å². The van der Waals surface area contributed by atoms with E-state index in [2.05, 4.69) is 4.98 Å². The number of rotatable bonds is 6. The van der Waals surface area contributed by atoms with E-state index >= 15 is 0 Å². The lowest BCUT2D eigenvalue weighted by molar-refractivity contribution is 0.0986. The fourth-order valence-corrected chi connectivity index (χ4v) is 3.47. The summed E-state index contributed by atoms with van der Waals surface area (Å²) in [7, 11) is -3.18. The third kappa shape index (κ3) is 4.05. The Bertz CT molecular complexity index is 1100. The number of carbonyl (C=O) groups is 2. The molecular weight excluding hydrogens is 352 g/mol. The lowest BCUT2D eigenvalue weighted by Gasteiger charge is -2.06. The molecule has 0 bridgehead atoms. The van der Waals surface area contributed by atoms with Gasteiger partial charge < -0.3 is 4.57 Å². The van der Waals surface area contributed by atoms with Crippen molar-refractivity contribution in [3.8, 4) is 0 Å². The average molecular weight is 370 g/mol. The van der Waals surface area contributed by atoms with Crippen molar-refractivity contribution in [2.45, 2.75) is 19.2 Å². The summed E-state index contributed by atoms with van der Waals surface area (Å²) in [5, 5.41) is 0.815. The van der Waals surface area contributed by atoms with Crippen molar-refractivity contribution in [3.05, 3.63) is 65.6 Å². The van der Waals surface area contributed by atoms with Gasteiger partial charge in [0.25, 0.3) is 0 Å². The molecule has 2 aromatic heterocycles. The largest absolute Gasteiger partial charge is 0.332 e. The van der Waals surface area contributed by atoms with E-state index in [0.717, 1.165) is 10.9 Å². The minimum Gasteiger partial charge on any atom is -0.332 e. The molecule has 0 aliphatic rings. The van der Waals surface area contributed by atoms with Crippen molar-refractivity contribution in [1.29, 1.82) is 0 Å². The number of benzene rings is 1. The molecule has 0 aliphatic carbocycles. The maximum atomic E-state index is 12.5. The van der Waals surface area contributed by atoms with Crippen LogP contribution in [0.2, 0.25) is 0 Å². The van der Waals surface area contributed by atoms with Gasteiger partial charge in [-0.15, -0.1) is 0 Å². The SMILES string of the molecule is CC(=O)c1ccc(C(=O)Cc2cc3c(ccn3CS(C)(=O)=O)cn2)cc1. The summed E-state index contributed by atoms with van der Waals surface area (Å²) in [6.07, 6.45) is 4.60. The number of sulfone groups is 1. The maximum absolute atomic E-state index is 12.5. The fraction of sp³-hybridized carbons (Fsp3) is 0.211. The summed E-state index contributed by atoms with van der Waals surface area (Å²) >= 11 is 0. The van der Waals surface area contributed by atoms with Gasteiger partial charge in [0, 0.05) is 35.2 Å². The molecule has 0 saturated heterocycles. The molecule has 0 N–H and O–H groups in total. The van der Waals surface area contributed by atoms with Crippen LogP contribution in [0.15, 0.2) is 48.8 Å². The Balaban J connectivity index is 1.85. The molecule has 0 atom stereocenters. The number of Topliss-reactive ketones (excluding diaryl/α,β-unsaturated/α-hetero) is 2. The van der Waals surface area contributed by atoms with Crippen LogP contribution in [-0.2, 0) is 22.1 Å². The molecule has 26 heavy (non-hydrogen) atoms. The summed E-state index contributed by atoms with van der Waals surface area (Å²) in [5.74, 6) is -0.295. The third-order valence-electron chi connectivity index (χ3n) is 4.04. The number of aromatic nitrogens is 2. The number of fused-ring (bicyclic) bond motifs is 1. The van der Waals surface area contributed by atoms with Gasteiger partial charge in [-0.3, -0.25) is 14.6 Å². The van der Waals surface area contributed by atoms with Gasteiger partial charge in [0.15, 0.2) is 21.4 Å². The molecule has 0 fully saturated rings. The average Bonchev–Trinajstić information content (AvgIpc) is 2.95. The summed E-state index contributed by atoms with van der Waals surface area (Å²) in [6, 6.07) is 10.0. The van der Waals surface area contributed by atoms with E-state index in [9.17, 15) is 18.0 Å². The van der Waals surface area contributed by atoms with E-state index in [1.165, 1.54) is 13.2 Å². The zero-order valence-corrected chi connectivity index (χ0v) is 15.3. The molecule has 0 aliphatic heterocycles. The van der Waals surface area contributed by atoms with Gasteiger partial charge in [-0.1, -0.05) is 24.3 Å². The van der Waals surface area contributed by atoms with Crippen LogP contribution < -0.4 is 0 Å². The predicted molar refractivity (Wildman–Crippen MR) is 99.1 cm³/mol. The summed E-state index contributed by atoms with van der Waals surface area (Å²) in [4.78, 5) is 28.1. The summed E-state index contributed by atoms with van der Waals surface area (Å²) in [6.45, 7) is 1.47. The predicted octanol–water partition coefficient (Wildman–Crippen LogP) is 2.67. The fourth-order valence-electron chi connectivity index (χ4n) is 2.74. The quantitative estimate of drug-likeness (QED) is 0.623. The van der Waals surface area contributed by atoms with Gasteiger partial charge in [-0.25, -0.2) is 8.42 Å². The number of carbonyl (C=O) groups excluding carboxylic acids is 2. The van der Waals surface area contributed by atoms with Gasteiger partial charge in [0.05, 0.1) is 17.6 Å². The summed E-state index contributed by atoms with van der Waals surface area (Å²) < 4.78 is 24.7. The van der Waals surface area contributed by atoms with Gasteiger partial charge >= 0.3 is 0 Å². The van der Waals surface area contributed by atoms with Crippen molar-refractivity contribution in [2.24, 2.45) is 0 Å². The highest BCUT2D eigenvalue weighted by Crippen LogP contribution is 2.18.